The van der Waals surface area contributed by atoms with Gasteiger partial charge >= 0.3 is 0 Å². The first-order chi connectivity index (χ1) is 12.5. The monoisotopic (exact) mass is 385 g/mol. The van der Waals surface area contributed by atoms with Crippen molar-refractivity contribution in [1.82, 2.24) is 20.4 Å². The minimum atomic E-state index is -0.131. The van der Waals surface area contributed by atoms with Crippen molar-refractivity contribution in [1.29, 1.82) is 0 Å². The smallest absolute Gasteiger partial charge is 0.236 e. The number of amides is 1. The normalized spacial score (nSPS) is 10.7. The van der Waals surface area contributed by atoms with Gasteiger partial charge in [0, 0.05) is 5.56 Å². The molecule has 1 N–H and O–H groups in total. The van der Waals surface area contributed by atoms with Gasteiger partial charge < -0.3 is 0 Å². The largest absolute Gasteiger partial charge is 0.300 e. The Bertz CT molecular complexity index is 908. The summed E-state index contributed by atoms with van der Waals surface area (Å²) in [5, 5.41) is 21.3. The number of carbonyl (C=O) groups excluding carboxylic acids is 1. The SMILES string of the molecule is CCc1nnc(NC(=O)CSc2ccc(-c3ccc(C)cc3C)nn2)s1. The Kier molecular flexibility index (Phi) is 5.95. The van der Waals surface area contributed by atoms with Crippen LogP contribution in [0.4, 0.5) is 5.13 Å². The van der Waals surface area contributed by atoms with E-state index in [1.807, 2.05) is 19.1 Å². The molecule has 0 aliphatic rings. The number of hydrogen-bond acceptors (Lipinski definition) is 7. The molecule has 26 heavy (non-hydrogen) atoms. The Morgan fingerprint density at radius 3 is 2.62 bits per heavy atom. The van der Waals surface area contributed by atoms with Crippen LogP contribution in [0.1, 0.15) is 23.1 Å². The number of nitrogens with one attached hydrogen (secondary N) is 1. The van der Waals surface area contributed by atoms with Crippen molar-refractivity contribution in [3.05, 3.63) is 46.5 Å². The van der Waals surface area contributed by atoms with Gasteiger partial charge in [-0.1, -0.05) is 53.8 Å². The lowest BCUT2D eigenvalue weighted by Crippen LogP contribution is -2.14. The van der Waals surface area contributed by atoms with Gasteiger partial charge in [0.1, 0.15) is 10.0 Å². The van der Waals surface area contributed by atoms with Gasteiger partial charge in [-0.05, 0) is 38.0 Å². The quantitative estimate of drug-likeness (QED) is 0.648. The van der Waals surface area contributed by atoms with E-state index >= 15 is 0 Å². The molecule has 0 fully saturated rings. The standard InChI is InChI=1S/C18H19N5OS2/c1-4-16-21-23-18(26-16)19-15(24)10-25-17-8-7-14(20-22-17)13-6-5-11(2)9-12(13)3/h5-9H,4,10H2,1-3H3,(H,19,23,24). The second kappa shape index (κ2) is 8.37. The topological polar surface area (TPSA) is 80.7 Å². The van der Waals surface area contributed by atoms with Crippen LogP contribution in [-0.4, -0.2) is 32.1 Å². The van der Waals surface area contributed by atoms with Crippen LogP contribution in [0.5, 0.6) is 0 Å². The molecule has 2 heterocycles. The summed E-state index contributed by atoms with van der Waals surface area (Å²) in [7, 11) is 0. The minimum Gasteiger partial charge on any atom is -0.300 e. The number of aromatic nitrogens is 4. The summed E-state index contributed by atoms with van der Waals surface area (Å²) in [5.74, 6) is 0.118. The summed E-state index contributed by atoms with van der Waals surface area (Å²) < 4.78 is 0. The van der Waals surface area contributed by atoms with Crippen molar-refractivity contribution < 1.29 is 4.79 Å². The van der Waals surface area contributed by atoms with E-state index in [-0.39, 0.29) is 11.7 Å². The molecule has 1 aromatic carbocycles. The molecule has 6 nitrogen and oxygen atoms in total. The van der Waals surface area contributed by atoms with Crippen molar-refractivity contribution >= 4 is 34.1 Å². The van der Waals surface area contributed by atoms with E-state index in [0.717, 1.165) is 22.7 Å². The maximum atomic E-state index is 12.0. The predicted molar refractivity (Wildman–Crippen MR) is 106 cm³/mol. The fourth-order valence-corrected chi connectivity index (χ4v) is 3.69. The Morgan fingerprint density at radius 2 is 1.96 bits per heavy atom. The Morgan fingerprint density at radius 1 is 1.12 bits per heavy atom. The number of hydrogen-bond donors (Lipinski definition) is 1. The molecule has 8 heteroatoms. The molecule has 0 bridgehead atoms. The maximum Gasteiger partial charge on any atom is 0.236 e. The van der Waals surface area contributed by atoms with Crippen LogP contribution in [0.3, 0.4) is 0 Å². The van der Waals surface area contributed by atoms with Crippen LogP contribution in [0.2, 0.25) is 0 Å². The van der Waals surface area contributed by atoms with Crippen molar-refractivity contribution in [2.75, 3.05) is 11.1 Å². The van der Waals surface area contributed by atoms with Gasteiger partial charge in [0.25, 0.3) is 0 Å². The van der Waals surface area contributed by atoms with Crippen LogP contribution >= 0.6 is 23.1 Å². The molecule has 1 amide bonds. The molecule has 0 saturated heterocycles. The maximum absolute atomic E-state index is 12.0. The van der Waals surface area contributed by atoms with Crippen LogP contribution in [-0.2, 0) is 11.2 Å². The van der Waals surface area contributed by atoms with Crippen molar-refractivity contribution in [3.8, 4) is 11.3 Å². The fourth-order valence-electron chi connectivity index (χ4n) is 2.38. The highest BCUT2D eigenvalue weighted by molar-refractivity contribution is 7.99. The molecule has 0 atom stereocenters. The third-order valence-electron chi connectivity index (χ3n) is 3.66. The van der Waals surface area contributed by atoms with Gasteiger partial charge in [0.05, 0.1) is 11.4 Å². The number of rotatable bonds is 6. The molecule has 3 rings (SSSR count). The Hall–Kier alpha value is -2.32. The number of nitrogens with zero attached hydrogens (tertiary/aromatic N) is 4. The first kappa shape index (κ1) is 18.5. The second-order valence-electron chi connectivity index (χ2n) is 5.77. The lowest BCUT2D eigenvalue weighted by atomic mass is 10.0. The molecule has 0 radical (unpaired) electrons. The van der Waals surface area contributed by atoms with Crippen LogP contribution in [0.25, 0.3) is 11.3 Å². The van der Waals surface area contributed by atoms with Crippen LogP contribution in [0.15, 0.2) is 35.4 Å². The molecule has 0 aliphatic heterocycles. The zero-order chi connectivity index (χ0) is 18.5. The third kappa shape index (κ3) is 4.64. The number of carbonyl (C=O) groups is 1. The zero-order valence-electron chi connectivity index (χ0n) is 14.8. The summed E-state index contributed by atoms with van der Waals surface area (Å²) in [6, 6.07) is 10.1. The van der Waals surface area contributed by atoms with Crippen molar-refractivity contribution in [2.45, 2.75) is 32.2 Å². The number of aryl methyl sites for hydroxylation is 3. The van der Waals surface area contributed by atoms with Gasteiger partial charge in [0.15, 0.2) is 0 Å². The molecular formula is C18H19N5OS2. The van der Waals surface area contributed by atoms with E-state index in [1.54, 1.807) is 0 Å². The van der Waals surface area contributed by atoms with Gasteiger partial charge in [0.2, 0.25) is 11.0 Å². The van der Waals surface area contributed by atoms with E-state index in [4.69, 9.17) is 0 Å². The predicted octanol–water partition coefficient (Wildman–Crippen LogP) is 3.91. The minimum absolute atomic E-state index is 0.131. The average Bonchev–Trinajstić information content (AvgIpc) is 3.08. The second-order valence-corrected chi connectivity index (χ2v) is 7.82. The highest BCUT2D eigenvalue weighted by Gasteiger charge is 2.10. The van der Waals surface area contributed by atoms with Gasteiger partial charge in [-0.15, -0.1) is 20.4 Å². The van der Waals surface area contributed by atoms with E-state index in [1.165, 1.54) is 34.2 Å². The average molecular weight is 386 g/mol. The number of benzene rings is 1. The van der Waals surface area contributed by atoms with E-state index < -0.39 is 0 Å². The highest BCUT2D eigenvalue weighted by Crippen LogP contribution is 2.24. The highest BCUT2D eigenvalue weighted by atomic mass is 32.2. The summed E-state index contributed by atoms with van der Waals surface area (Å²) in [5.41, 5.74) is 4.29. The molecule has 134 valence electrons. The summed E-state index contributed by atoms with van der Waals surface area (Å²) in [6.07, 6.45) is 0.810. The Labute approximate surface area is 160 Å². The summed E-state index contributed by atoms with van der Waals surface area (Å²) >= 11 is 2.74. The van der Waals surface area contributed by atoms with Crippen LogP contribution < -0.4 is 5.32 Å². The van der Waals surface area contributed by atoms with Crippen molar-refractivity contribution in [2.24, 2.45) is 0 Å². The molecule has 0 saturated carbocycles. The molecule has 3 aromatic rings. The van der Waals surface area contributed by atoms with E-state index in [0.29, 0.717) is 10.2 Å². The number of thioether (sulfide) groups is 1. The molecule has 0 spiro atoms. The lowest BCUT2D eigenvalue weighted by molar-refractivity contribution is -0.113. The molecule has 0 unspecified atom stereocenters. The third-order valence-corrected chi connectivity index (χ3v) is 5.57. The first-order valence-electron chi connectivity index (χ1n) is 8.21. The zero-order valence-corrected chi connectivity index (χ0v) is 16.4. The van der Waals surface area contributed by atoms with E-state index in [2.05, 4.69) is 57.8 Å². The van der Waals surface area contributed by atoms with Gasteiger partial charge in [-0.3, -0.25) is 10.1 Å². The van der Waals surface area contributed by atoms with E-state index in [9.17, 15) is 4.79 Å². The lowest BCUT2D eigenvalue weighted by Gasteiger charge is -2.06. The first-order valence-corrected chi connectivity index (χ1v) is 10.0. The molecule has 2 aromatic heterocycles. The fraction of sp³-hybridized carbons (Fsp3) is 0.278. The summed E-state index contributed by atoms with van der Waals surface area (Å²) in [6.45, 7) is 6.13. The summed E-state index contributed by atoms with van der Waals surface area (Å²) in [4.78, 5) is 12.0. The van der Waals surface area contributed by atoms with Crippen LogP contribution in [0, 0.1) is 13.8 Å². The van der Waals surface area contributed by atoms with Crippen molar-refractivity contribution in [3.63, 3.8) is 0 Å². The van der Waals surface area contributed by atoms with Gasteiger partial charge in [-0.25, -0.2) is 0 Å². The molecular weight excluding hydrogens is 366 g/mol. The Balaban J connectivity index is 1.58. The van der Waals surface area contributed by atoms with Gasteiger partial charge in [-0.2, -0.15) is 0 Å². The molecule has 0 aliphatic carbocycles. The number of anilines is 1.